The van der Waals surface area contributed by atoms with Crippen LogP contribution in [0.5, 0.6) is 0 Å². The van der Waals surface area contributed by atoms with E-state index in [0.29, 0.717) is 12.1 Å². The highest BCUT2D eigenvalue weighted by atomic mass is 32.1. The Hall–Kier alpha value is -1.54. The first kappa shape index (κ1) is 15.8. The lowest BCUT2D eigenvalue weighted by atomic mass is 9.84. The molecular weight excluding hydrogens is 318 g/mol. The SMILES string of the molecule is OC(c1ccsc1)(c1ccccc1C(F)(F)F)C(F)(F)F. The van der Waals surface area contributed by atoms with Crippen molar-refractivity contribution in [2.45, 2.75) is 18.0 Å². The topological polar surface area (TPSA) is 20.2 Å². The Morgan fingerprint density at radius 3 is 1.86 bits per heavy atom. The summed E-state index contributed by atoms with van der Waals surface area (Å²) in [6.45, 7) is 0. The highest BCUT2D eigenvalue weighted by Gasteiger charge is 2.58. The van der Waals surface area contributed by atoms with Crippen LogP contribution in [0.3, 0.4) is 0 Å². The molecule has 1 unspecified atom stereocenters. The van der Waals surface area contributed by atoms with Crippen LogP contribution in [-0.2, 0) is 11.8 Å². The third-order valence-corrected chi connectivity index (χ3v) is 3.65. The van der Waals surface area contributed by atoms with Crippen molar-refractivity contribution in [3.05, 3.63) is 57.8 Å². The molecule has 0 saturated carbocycles. The number of halogens is 6. The maximum Gasteiger partial charge on any atom is 0.425 e. The largest absolute Gasteiger partial charge is 0.425 e. The highest BCUT2D eigenvalue weighted by Crippen LogP contribution is 2.48. The summed E-state index contributed by atoms with van der Waals surface area (Å²) in [5, 5.41) is 12.3. The van der Waals surface area contributed by atoms with Gasteiger partial charge in [-0.15, -0.1) is 0 Å². The van der Waals surface area contributed by atoms with E-state index >= 15 is 0 Å². The lowest BCUT2D eigenvalue weighted by Crippen LogP contribution is -2.44. The first-order valence-electron chi connectivity index (χ1n) is 5.57. The zero-order chi connectivity index (χ0) is 15.9. The smallest absolute Gasteiger partial charge is 0.372 e. The van der Waals surface area contributed by atoms with Crippen molar-refractivity contribution in [2.24, 2.45) is 0 Å². The molecule has 1 N–H and O–H groups in total. The highest BCUT2D eigenvalue weighted by molar-refractivity contribution is 7.08. The molecule has 0 amide bonds. The molecule has 114 valence electrons. The summed E-state index contributed by atoms with van der Waals surface area (Å²) in [6.07, 6.45) is -10.3. The lowest BCUT2D eigenvalue weighted by molar-refractivity contribution is -0.250. The van der Waals surface area contributed by atoms with Gasteiger partial charge in [-0.2, -0.15) is 37.7 Å². The monoisotopic (exact) mass is 326 g/mol. The Kier molecular flexibility index (Phi) is 3.79. The van der Waals surface area contributed by atoms with E-state index in [1.54, 1.807) is 0 Å². The Labute approximate surface area is 119 Å². The fourth-order valence-corrected chi connectivity index (χ4v) is 2.69. The number of alkyl halides is 6. The number of hydrogen-bond donors (Lipinski definition) is 1. The Balaban J connectivity index is 2.77. The molecule has 1 atom stereocenters. The van der Waals surface area contributed by atoms with Gasteiger partial charge < -0.3 is 5.11 Å². The number of rotatable bonds is 2. The van der Waals surface area contributed by atoms with Gasteiger partial charge in [-0.05, 0) is 22.9 Å². The minimum atomic E-state index is -5.30. The van der Waals surface area contributed by atoms with Gasteiger partial charge in [0.25, 0.3) is 0 Å². The molecule has 1 heterocycles. The van der Waals surface area contributed by atoms with E-state index in [1.807, 2.05) is 0 Å². The Morgan fingerprint density at radius 1 is 0.857 bits per heavy atom. The summed E-state index contributed by atoms with van der Waals surface area (Å²) in [6, 6.07) is 4.09. The van der Waals surface area contributed by atoms with Gasteiger partial charge in [-0.3, -0.25) is 0 Å². The summed E-state index contributed by atoms with van der Waals surface area (Å²) in [5.41, 5.74) is -7.10. The van der Waals surface area contributed by atoms with Gasteiger partial charge >= 0.3 is 12.4 Å². The van der Waals surface area contributed by atoms with Gasteiger partial charge in [-0.25, -0.2) is 0 Å². The van der Waals surface area contributed by atoms with Gasteiger partial charge in [-0.1, -0.05) is 18.2 Å². The van der Waals surface area contributed by atoms with Crippen molar-refractivity contribution in [3.8, 4) is 0 Å². The number of benzene rings is 1. The molecule has 0 radical (unpaired) electrons. The van der Waals surface area contributed by atoms with Gasteiger partial charge in [0.15, 0.2) is 0 Å². The van der Waals surface area contributed by atoms with E-state index in [-0.39, 0.29) is 0 Å². The third-order valence-electron chi connectivity index (χ3n) is 2.97. The summed E-state index contributed by atoms with van der Waals surface area (Å²) in [4.78, 5) is 0. The molecule has 0 aliphatic carbocycles. The van der Waals surface area contributed by atoms with Crippen molar-refractivity contribution in [3.63, 3.8) is 0 Å². The first-order valence-corrected chi connectivity index (χ1v) is 6.51. The van der Waals surface area contributed by atoms with Gasteiger partial charge in [0.1, 0.15) is 0 Å². The zero-order valence-corrected chi connectivity index (χ0v) is 11.0. The van der Waals surface area contributed by atoms with E-state index in [9.17, 15) is 31.4 Å². The van der Waals surface area contributed by atoms with Crippen molar-refractivity contribution in [1.29, 1.82) is 0 Å². The standard InChI is InChI=1S/C13H8F6OS/c14-12(15,16)10-4-2-1-3-9(10)11(20,13(17,18)19)8-5-6-21-7-8/h1-7,20H. The number of aliphatic hydroxyl groups is 1. The summed E-state index contributed by atoms with van der Waals surface area (Å²) >= 11 is 0.849. The second kappa shape index (κ2) is 5.03. The van der Waals surface area contributed by atoms with Gasteiger partial charge in [0.05, 0.1) is 5.56 Å². The van der Waals surface area contributed by atoms with Crippen LogP contribution in [0.1, 0.15) is 16.7 Å². The van der Waals surface area contributed by atoms with E-state index in [0.717, 1.165) is 34.9 Å². The van der Waals surface area contributed by atoms with Crippen LogP contribution >= 0.6 is 11.3 Å². The van der Waals surface area contributed by atoms with Crippen LogP contribution in [0.2, 0.25) is 0 Å². The summed E-state index contributed by atoms with van der Waals surface area (Å²) in [5.74, 6) is 0. The number of thiophene rings is 1. The van der Waals surface area contributed by atoms with E-state index in [1.165, 1.54) is 5.38 Å². The fourth-order valence-electron chi connectivity index (χ4n) is 1.99. The zero-order valence-electron chi connectivity index (χ0n) is 10.2. The van der Waals surface area contributed by atoms with Crippen molar-refractivity contribution < 1.29 is 31.4 Å². The quantitative estimate of drug-likeness (QED) is 0.802. The van der Waals surface area contributed by atoms with Crippen LogP contribution in [0.25, 0.3) is 0 Å². The van der Waals surface area contributed by atoms with Crippen LogP contribution in [0.15, 0.2) is 41.1 Å². The van der Waals surface area contributed by atoms with Crippen molar-refractivity contribution in [2.75, 3.05) is 0 Å². The molecular formula is C13H8F6OS. The predicted octanol–water partition coefficient (Wildman–Crippen LogP) is 4.57. The maximum absolute atomic E-state index is 13.3. The average Bonchev–Trinajstić information content (AvgIpc) is 2.89. The normalized spacial score (nSPS) is 15.8. The minimum absolute atomic E-state index is 0.512. The van der Waals surface area contributed by atoms with Crippen molar-refractivity contribution >= 4 is 11.3 Å². The lowest BCUT2D eigenvalue weighted by Gasteiger charge is -2.32. The van der Waals surface area contributed by atoms with Crippen LogP contribution < -0.4 is 0 Å². The molecule has 8 heteroatoms. The molecule has 0 bridgehead atoms. The molecule has 1 aromatic heterocycles. The minimum Gasteiger partial charge on any atom is -0.372 e. The van der Waals surface area contributed by atoms with E-state index < -0.39 is 34.6 Å². The molecule has 0 spiro atoms. The number of hydrogen-bond acceptors (Lipinski definition) is 2. The van der Waals surface area contributed by atoms with Crippen LogP contribution in [0, 0.1) is 0 Å². The van der Waals surface area contributed by atoms with E-state index in [2.05, 4.69) is 0 Å². The van der Waals surface area contributed by atoms with Gasteiger partial charge in [0, 0.05) is 11.1 Å². The predicted molar refractivity (Wildman–Crippen MR) is 64.8 cm³/mol. The first-order chi connectivity index (χ1) is 9.58. The average molecular weight is 326 g/mol. The van der Waals surface area contributed by atoms with Crippen molar-refractivity contribution in [1.82, 2.24) is 0 Å². The molecule has 1 nitrogen and oxygen atoms in total. The second-order valence-electron chi connectivity index (χ2n) is 4.26. The van der Waals surface area contributed by atoms with Gasteiger partial charge in [0.2, 0.25) is 5.60 Å². The Bertz CT molecular complexity index is 616. The molecule has 21 heavy (non-hydrogen) atoms. The summed E-state index contributed by atoms with van der Waals surface area (Å²) < 4.78 is 78.7. The van der Waals surface area contributed by atoms with Crippen LogP contribution in [-0.4, -0.2) is 11.3 Å². The van der Waals surface area contributed by atoms with E-state index in [4.69, 9.17) is 0 Å². The third kappa shape index (κ3) is 2.65. The Morgan fingerprint density at radius 2 is 1.43 bits per heavy atom. The second-order valence-corrected chi connectivity index (χ2v) is 5.04. The molecule has 0 saturated heterocycles. The molecule has 2 rings (SSSR count). The fraction of sp³-hybridized carbons (Fsp3) is 0.231. The molecule has 0 aliphatic rings. The molecule has 2 aromatic rings. The molecule has 0 fully saturated rings. The van der Waals surface area contributed by atoms with Crippen LogP contribution in [0.4, 0.5) is 26.3 Å². The molecule has 1 aromatic carbocycles. The molecule has 0 aliphatic heterocycles. The summed E-state index contributed by atoms with van der Waals surface area (Å²) in [7, 11) is 0. The maximum atomic E-state index is 13.3.